The maximum atomic E-state index is 13.4. The van der Waals surface area contributed by atoms with Crippen molar-refractivity contribution in [2.45, 2.75) is 19.8 Å². The molecule has 28 heavy (non-hydrogen) atoms. The summed E-state index contributed by atoms with van der Waals surface area (Å²) in [4.78, 5) is 12.2. The Morgan fingerprint density at radius 3 is 2.61 bits per heavy atom. The zero-order chi connectivity index (χ0) is 20.6. The Morgan fingerprint density at radius 1 is 1.18 bits per heavy atom. The lowest BCUT2D eigenvalue weighted by atomic mass is 10.1. The molecule has 0 saturated carbocycles. The second-order valence-corrected chi connectivity index (χ2v) is 8.15. The minimum absolute atomic E-state index is 0.114. The van der Waals surface area contributed by atoms with Crippen LogP contribution >= 0.6 is 0 Å². The molecule has 2 aromatic rings. The molecule has 2 rings (SSSR count). The van der Waals surface area contributed by atoms with E-state index < -0.39 is 28.3 Å². The molecule has 6 nitrogen and oxygen atoms in total. The molecule has 0 fully saturated rings. The van der Waals surface area contributed by atoms with Crippen LogP contribution < -0.4 is 14.4 Å². The maximum absolute atomic E-state index is 13.4. The van der Waals surface area contributed by atoms with Crippen molar-refractivity contribution < 1.29 is 22.3 Å². The van der Waals surface area contributed by atoms with Crippen LogP contribution in [0.3, 0.4) is 0 Å². The standard InChI is InChI=1S/C20H25FN2O4S/c1-3-27-19-12-5-4-8-16(19)9-7-13-22-20(24)15-23(28(2,25)26)18-11-6-10-17(21)14-18/h4-6,8,10-12,14H,3,7,9,13,15H2,1-2H3,(H,22,24). The molecule has 0 spiro atoms. The highest BCUT2D eigenvalue weighted by Gasteiger charge is 2.21. The molecule has 0 saturated heterocycles. The number of hydrogen-bond donors (Lipinski definition) is 1. The summed E-state index contributed by atoms with van der Waals surface area (Å²) in [6.45, 7) is 2.48. The number of halogens is 1. The zero-order valence-electron chi connectivity index (χ0n) is 16.0. The Balaban J connectivity index is 1.90. The number of anilines is 1. The molecular weight excluding hydrogens is 383 g/mol. The van der Waals surface area contributed by atoms with Crippen LogP contribution in [0.25, 0.3) is 0 Å². The summed E-state index contributed by atoms with van der Waals surface area (Å²) in [6, 6.07) is 12.9. The van der Waals surface area contributed by atoms with Crippen LogP contribution in [0.4, 0.5) is 10.1 Å². The van der Waals surface area contributed by atoms with E-state index in [1.165, 1.54) is 18.2 Å². The highest BCUT2D eigenvalue weighted by atomic mass is 32.2. The SMILES string of the molecule is CCOc1ccccc1CCCNC(=O)CN(c1cccc(F)c1)S(C)(=O)=O. The van der Waals surface area contributed by atoms with E-state index in [1.807, 2.05) is 31.2 Å². The van der Waals surface area contributed by atoms with Gasteiger partial charge in [-0.3, -0.25) is 9.10 Å². The van der Waals surface area contributed by atoms with Crippen molar-refractivity contribution in [1.82, 2.24) is 5.32 Å². The van der Waals surface area contributed by atoms with Crippen LogP contribution in [0.2, 0.25) is 0 Å². The predicted molar refractivity (Wildman–Crippen MR) is 108 cm³/mol. The second-order valence-electron chi connectivity index (χ2n) is 6.24. The summed E-state index contributed by atoms with van der Waals surface area (Å²) in [5, 5.41) is 2.71. The van der Waals surface area contributed by atoms with E-state index in [0.29, 0.717) is 19.6 Å². The molecule has 1 amide bonds. The summed E-state index contributed by atoms with van der Waals surface area (Å²) in [5.41, 5.74) is 1.17. The number of para-hydroxylation sites is 1. The fraction of sp³-hybridized carbons (Fsp3) is 0.350. The molecule has 152 valence electrons. The number of amides is 1. The van der Waals surface area contributed by atoms with Crippen LogP contribution in [0.5, 0.6) is 5.75 Å². The topological polar surface area (TPSA) is 75.7 Å². The molecule has 0 aromatic heterocycles. The Kier molecular flexibility index (Phi) is 7.80. The number of sulfonamides is 1. The maximum Gasteiger partial charge on any atom is 0.240 e. The summed E-state index contributed by atoms with van der Waals surface area (Å²) in [5.74, 6) is -0.196. The van der Waals surface area contributed by atoms with Gasteiger partial charge in [-0.1, -0.05) is 24.3 Å². The Bertz CT molecular complexity index is 903. The molecule has 0 aliphatic carbocycles. The van der Waals surface area contributed by atoms with Crippen molar-refractivity contribution in [2.24, 2.45) is 0 Å². The van der Waals surface area contributed by atoms with Crippen molar-refractivity contribution >= 4 is 21.6 Å². The van der Waals surface area contributed by atoms with Gasteiger partial charge in [0.25, 0.3) is 0 Å². The molecule has 0 bridgehead atoms. The van der Waals surface area contributed by atoms with E-state index in [1.54, 1.807) is 0 Å². The third kappa shape index (κ3) is 6.53. The van der Waals surface area contributed by atoms with Crippen molar-refractivity contribution in [1.29, 1.82) is 0 Å². The first-order valence-electron chi connectivity index (χ1n) is 9.02. The van der Waals surface area contributed by atoms with E-state index in [9.17, 15) is 17.6 Å². The third-order valence-electron chi connectivity index (χ3n) is 4.00. The van der Waals surface area contributed by atoms with E-state index in [-0.39, 0.29) is 5.69 Å². The van der Waals surface area contributed by atoms with E-state index in [0.717, 1.165) is 34.4 Å². The van der Waals surface area contributed by atoms with Crippen LogP contribution in [0.15, 0.2) is 48.5 Å². The van der Waals surface area contributed by atoms with Gasteiger partial charge in [-0.05, 0) is 49.6 Å². The first kappa shape index (κ1) is 21.7. The number of hydrogen-bond acceptors (Lipinski definition) is 4. The van der Waals surface area contributed by atoms with Gasteiger partial charge in [0.1, 0.15) is 18.1 Å². The summed E-state index contributed by atoms with van der Waals surface area (Å²) >= 11 is 0. The molecule has 0 radical (unpaired) electrons. The zero-order valence-corrected chi connectivity index (χ0v) is 16.8. The predicted octanol–water partition coefficient (Wildman–Crippen LogP) is 2.74. The fourth-order valence-corrected chi connectivity index (χ4v) is 3.58. The van der Waals surface area contributed by atoms with E-state index >= 15 is 0 Å². The van der Waals surface area contributed by atoms with Crippen LogP contribution in [0.1, 0.15) is 18.9 Å². The molecule has 0 atom stereocenters. The van der Waals surface area contributed by atoms with Gasteiger partial charge >= 0.3 is 0 Å². The second kappa shape index (κ2) is 10.1. The molecule has 0 heterocycles. The number of carbonyl (C=O) groups is 1. The van der Waals surface area contributed by atoms with Crippen LogP contribution in [0, 0.1) is 5.82 Å². The van der Waals surface area contributed by atoms with Gasteiger partial charge in [-0.2, -0.15) is 0 Å². The van der Waals surface area contributed by atoms with Gasteiger partial charge in [0, 0.05) is 6.54 Å². The first-order valence-corrected chi connectivity index (χ1v) is 10.9. The smallest absolute Gasteiger partial charge is 0.240 e. The summed E-state index contributed by atoms with van der Waals surface area (Å²) in [6.07, 6.45) is 2.38. The monoisotopic (exact) mass is 408 g/mol. The van der Waals surface area contributed by atoms with Crippen molar-refractivity contribution in [3.8, 4) is 5.75 Å². The largest absolute Gasteiger partial charge is 0.494 e. The highest BCUT2D eigenvalue weighted by molar-refractivity contribution is 7.92. The van der Waals surface area contributed by atoms with Gasteiger partial charge in [0.2, 0.25) is 15.9 Å². The fourth-order valence-electron chi connectivity index (χ4n) is 2.73. The van der Waals surface area contributed by atoms with Crippen molar-refractivity contribution in [2.75, 3.05) is 30.3 Å². The lowest BCUT2D eigenvalue weighted by Gasteiger charge is -2.22. The number of ether oxygens (including phenoxy) is 1. The number of benzene rings is 2. The highest BCUT2D eigenvalue weighted by Crippen LogP contribution is 2.20. The van der Waals surface area contributed by atoms with Gasteiger partial charge in [0.05, 0.1) is 18.6 Å². The summed E-state index contributed by atoms with van der Waals surface area (Å²) < 4.78 is 43.9. The van der Waals surface area contributed by atoms with E-state index in [2.05, 4.69) is 5.32 Å². The van der Waals surface area contributed by atoms with Crippen LogP contribution in [-0.2, 0) is 21.2 Å². The first-order chi connectivity index (χ1) is 13.3. The van der Waals surface area contributed by atoms with Gasteiger partial charge in [-0.25, -0.2) is 12.8 Å². The quantitative estimate of drug-likeness (QED) is 0.614. The van der Waals surface area contributed by atoms with Gasteiger partial charge < -0.3 is 10.1 Å². The molecular formula is C20H25FN2O4S. The lowest BCUT2D eigenvalue weighted by Crippen LogP contribution is -2.40. The molecule has 0 aliphatic heterocycles. The molecule has 8 heteroatoms. The van der Waals surface area contributed by atoms with Crippen molar-refractivity contribution in [3.63, 3.8) is 0 Å². The number of aryl methyl sites for hydroxylation is 1. The Labute approximate surface area is 165 Å². The van der Waals surface area contributed by atoms with E-state index in [4.69, 9.17) is 4.74 Å². The molecule has 0 aliphatic rings. The summed E-state index contributed by atoms with van der Waals surface area (Å²) in [7, 11) is -3.73. The van der Waals surface area contributed by atoms with Gasteiger partial charge in [0.15, 0.2) is 0 Å². The third-order valence-corrected chi connectivity index (χ3v) is 5.14. The van der Waals surface area contributed by atoms with Crippen LogP contribution in [-0.4, -0.2) is 40.3 Å². The number of rotatable bonds is 10. The molecule has 1 N–H and O–H groups in total. The number of carbonyl (C=O) groups excluding carboxylic acids is 1. The Hall–Kier alpha value is -2.61. The number of nitrogens with zero attached hydrogens (tertiary/aromatic N) is 1. The molecule has 0 unspecified atom stereocenters. The van der Waals surface area contributed by atoms with Crippen molar-refractivity contribution in [3.05, 3.63) is 59.9 Å². The lowest BCUT2D eigenvalue weighted by molar-refractivity contribution is -0.119. The average molecular weight is 408 g/mol. The minimum Gasteiger partial charge on any atom is -0.494 e. The average Bonchev–Trinajstić information content (AvgIpc) is 2.64. The van der Waals surface area contributed by atoms with Gasteiger partial charge in [-0.15, -0.1) is 0 Å². The normalized spacial score (nSPS) is 11.1. The number of nitrogens with one attached hydrogen (secondary N) is 1. The molecule has 2 aromatic carbocycles. The Morgan fingerprint density at radius 2 is 1.93 bits per heavy atom. The minimum atomic E-state index is -3.73.